The zero-order valence-corrected chi connectivity index (χ0v) is 19.9. The molecule has 1 amide bonds. The molecular weight excluding hydrogens is 446 g/mol. The second kappa shape index (κ2) is 9.70. The molecule has 0 saturated carbocycles. The van der Waals surface area contributed by atoms with E-state index < -0.39 is 20.3 Å². The van der Waals surface area contributed by atoms with Gasteiger partial charge in [0.1, 0.15) is 0 Å². The number of nitrogens with zero attached hydrogens (tertiary/aromatic N) is 1. The zero-order valence-electron chi connectivity index (χ0n) is 18.3. The number of amides is 1. The van der Waals surface area contributed by atoms with Crippen LogP contribution in [0, 0.1) is 13.8 Å². The lowest BCUT2D eigenvalue weighted by molar-refractivity contribution is -0.113. The third-order valence-electron chi connectivity index (χ3n) is 5.11. The molecule has 0 aliphatic heterocycles. The third-order valence-corrected chi connectivity index (χ3v) is 7.76. The van der Waals surface area contributed by atoms with E-state index in [9.17, 15) is 18.0 Å². The number of carbonyl (C=O) groups excluding carboxylic acids is 1. The Hall–Kier alpha value is -2.91. The number of hydrogen-bond acceptors (Lipinski definition) is 6. The maximum Gasteiger partial charge on any atom is 0.270 e. The van der Waals surface area contributed by atoms with Gasteiger partial charge in [-0.2, -0.15) is 0 Å². The molecule has 2 aromatic carbocycles. The number of anilines is 1. The van der Waals surface area contributed by atoms with Gasteiger partial charge >= 0.3 is 0 Å². The van der Waals surface area contributed by atoms with Crippen molar-refractivity contribution in [2.45, 2.75) is 48.6 Å². The highest BCUT2D eigenvalue weighted by molar-refractivity contribution is 7.99. The fraction of sp³-hybridized carbons (Fsp3) is 0.261. The largest absolute Gasteiger partial charge is 0.325 e. The fourth-order valence-corrected chi connectivity index (χ4v) is 4.86. The molecule has 7 nitrogen and oxygen atoms in total. The Morgan fingerprint density at radius 3 is 2.44 bits per heavy atom. The molecule has 0 atom stereocenters. The summed E-state index contributed by atoms with van der Waals surface area (Å²) in [7, 11) is -4.00. The Labute approximate surface area is 191 Å². The highest BCUT2D eigenvalue weighted by atomic mass is 32.2. The lowest BCUT2D eigenvalue weighted by Crippen LogP contribution is -2.20. The smallest absolute Gasteiger partial charge is 0.270 e. The maximum absolute atomic E-state index is 12.8. The first-order valence-electron chi connectivity index (χ1n) is 10.0. The van der Waals surface area contributed by atoms with Gasteiger partial charge in [0.25, 0.3) is 5.56 Å². The summed E-state index contributed by atoms with van der Waals surface area (Å²) < 4.78 is 25.7. The summed E-state index contributed by atoms with van der Waals surface area (Å²) in [6.07, 6.45) is 1.04. The van der Waals surface area contributed by atoms with Gasteiger partial charge in [-0.1, -0.05) is 49.9 Å². The van der Waals surface area contributed by atoms with Crippen molar-refractivity contribution in [2.24, 2.45) is 0 Å². The molecule has 168 valence electrons. The first kappa shape index (κ1) is 23.7. The molecule has 32 heavy (non-hydrogen) atoms. The quantitative estimate of drug-likeness (QED) is 0.397. The number of carbonyl (C=O) groups is 1. The molecule has 0 bridgehead atoms. The van der Waals surface area contributed by atoms with Gasteiger partial charge in [-0.15, -0.1) is 0 Å². The number of aromatic nitrogens is 2. The number of thioether (sulfide) groups is 1. The van der Waals surface area contributed by atoms with E-state index in [4.69, 9.17) is 0 Å². The standard InChI is InChI=1S/C23H25N3O4S2/c1-14(2)17-8-10-18(11-9-17)32(29,30)20-12-24-23(26-22(20)28)31-13-21(27)25-19-7-5-6-15(3)16(19)4/h5-12,14H,13H2,1-4H3,(H,25,27)(H,24,26,28). The van der Waals surface area contributed by atoms with Gasteiger partial charge in [0.2, 0.25) is 15.7 Å². The monoisotopic (exact) mass is 471 g/mol. The molecule has 0 aliphatic rings. The minimum absolute atomic E-state index is 0.0130. The predicted octanol–water partition coefficient (Wildman–Crippen LogP) is 4.07. The van der Waals surface area contributed by atoms with E-state index >= 15 is 0 Å². The number of sulfone groups is 1. The Bertz CT molecular complexity index is 1300. The average Bonchev–Trinajstić information content (AvgIpc) is 2.75. The molecule has 0 saturated heterocycles. The van der Waals surface area contributed by atoms with Gasteiger partial charge in [-0.25, -0.2) is 13.4 Å². The van der Waals surface area contributed by atoms with Crippen molar-refractivity contribution in [1.82, 2.24) is 9.97 Å². The number of aryl methyl sites for hydroxylation is 1. The Morgan fingerprint density at radius 1 is 1.12 bits per heavy atom. The summed E-state index contributed by atoms with van der Waals surface area (Å²) in [5.41, 5.74) is 3.00. The van der Waals surface area contributed by atoms with Crippen LogP contribution < -0.4 is 10.9 Å². The van der Waals surface area contributed by atoms with Crippen LogP contribution in [0.4, 0.5) is 5.69 Å². The van der Waals surface area contributed by atoms with Crippen LogP contribution >= 0.6 is 11.8 Å². The lowest BCUT2D eigenvalue weighted by atomic mass is 10.0. The Balaban J connectivity index is 1.71. The molecule has 1 aromatic heterocycles. The van der Waals surface area contributed by atoms with Crippen LogP contribution in [-0.4, -0.2) is 30.0 Å². The first-order chi connectivity index (χ1) is 15.1. The summed E-state index contributed by atoms with van der Waals surface area (Å²) in [6.45, 7) is 7.91. The number of nitrogens with one attached hydrogen (secondary N) is 2. The van der Waals surface area contributed by atoms with E-state index in [1.54, 1.807) is 12.1 Å². The highest BCUT2D eigenvalue weighted by Crippen LogP contribution is 2.22. The van der Waals surface area contributed by atoms with Crippen LogP contribution in [0.25, 0.3) is 0 Å². The van der Waals surface area contributed by atoms with Crippen molar-refractivity contribution in [3.05, 3.63) is 75.7 Å². The number of rotatable bonds is 7. The fourth-order valence-electron chi connectivity index (χ4n) is 3.00. The van der Waals surface area contributed by atoms with Crippen LogP contribution in [0.5, 0.6) is 0 Å². The molecule has 0 radical (unpaired) electrons. The zero-order chi connectivity index (χ0) is 23.5. The first-order valence-corrected chi connectivity index (χ1v) is 12.5. The number of aromatic amines is 1. The van der Waals surface area contributed by atoms with E-state index in [1.807, 2.05) is 45.9 Å². The molecular formula is C23H25N3O4S2. The van der Waals surface area contributed by atoms with Gasteiger partial charge in [-0.05, 0) is 54.7 Å². The molecule has 1 heterocycles. The normalized spacial score (nSPS) is 11.5. The van der Waals surface area contributed by atoms with E-state index in [0.717, 1.165) is 40.3 Å². The van der Waals surface area contributed by atoms with Crippen molar-refractivity contribution in [1.29, 1.82) is 0 Å². The van der Waals surface area contributed by atoms with Gasteiger partial charge in [0.15, 0.2) is 10.1 Å². The summed E-state index contributed by atoms with van der Waals surface area (Å²) >= 11 is 1.02. The molecule has 3 rings (SSSR count). The SMILES string of the molecule is Cc1cccc(NC(=O)CSc2ncc(S(=O)(=O)c3ccc(C(C)C)cc3)c(=O)[nH]2)c1C. The van der Waals surface area contributed by atoms with Gasteiger partial charge < -0.3 is 10.3 Å². The minimum atomic E-state index is -4.00. The van der Waals surface area contributed by atoms with E-state index in [1.165, 1.54) is 12.1 Å². The molecule has 0 aliphatic carbocycles. The van der Waals surface area contributed by atoms with Crippen LogP contribution in [0.15, 0.2) is 68.4 Å². The van der Waals surface area contributed by atoms with Gasteiger partial charge in [0.05, 0.1) is 16.8 Å². The highest BCUT2D eigenvalue weighted by Gasteiger charge is 2.22. The average molecular weight is 472 g/mol. The van der Waals surface area contributed by atoms with Gasteiger partial charge in [-0.3, -0.25) is 9.59 Å². The third kappa shape index (κ3) is 5.28. The summed E-state index contributed by atoms with van der Waals surface area (Å²) in [6, 6.07) is 12.1. The van der Waals surface area contributed by atoms with Crippen molar-refractivity contribution in [3.63, 3.8) is 0 Å². The number of benzene rings is 2. The van der Waals surface area contributed by atoms with Crippen molar-refractivity contribution in [2.75, 3.05) is 11.1 Å². The molecule has 2 N–H and O–H groups in total. The van der Waals surface area contributed by atoms with Crippen LogP contribution in [-0.2, 0) is 14.6 Å². The predicted molar refractivity (Wildman–Crippen MR) is 126 cm³/mol. The van der Waals surface area contributed by atoms with Crippen molar-refractivity contribution in [3.8, 4) is 0 Å². The summed E-state index contributed by atoms with van der Waals surface area (Å²) in [4.78, 5) is 30.8. The second-order valence-corrected chi connectivity index (χ2v) is 10.6. The topological polar surface area (TPSA) is 109 Å². The Kier molecular flexibility index (Phi) is 7.20. The van der Waals surface area contributed by atoms with E-state index in [0.29, 0.717) is 0 Å². The lowest BCUT2D eigenvalue weighted by Gasteiger charge is -2.10. The number of hydrogen-bond donors (Lipinski definition) is 2. The van der Waals surface area contributed by atoms with E-state index in [2.05, 4.69) is 15.3 Å². The maximum atomic E-state index is 12.8. The van der Waals surface area contributed by atoms with Gasteiger partial charge in [0, 0.05) is 5.69 Å². The molecule has 3 aromatic rings. The minimum Gasteiger partial charge on any atom is -0.325 e. The second-order valence-electron chi connectivity index (χ2n) is 7.69. The van der Waals surface area contributed by atoms with Crippen LogP contribution in [0.3, 0.4) is 0 Å². The Morgan fingerprint density at radius 2 is 1.81 bits per heavy atom. The number of H-pyrrole nitrogens is 1. The molecule has 0 spiro atoms. The summed E-state index contributed by atoms with van der Waals surface area (Å²) in [5.74, 6) is 0.0208. The molecule has 9 heteroatoms. The van der Waals surface area contributed by atoms with Crippen LogP contribution in [0.1, 0.15) is 36.5 Å². The van der Waals surface area contributed by atoms with Crippen molar-refractivity contribution < 1.29 is 13.2 Å². The van der Waals surface area contributed by atoms with Crippen LogP contribution in [0.2, 0.25) is 0 Å². The summed E-state index contributed by atoms with van der Waals surface area (Å²) in [5, 5.41) is 3.00. The molecule has 0 fully saturated rings. The van der Waals surface area contributed by atoms with Crippen molar-refractivity contribution >= 4 is 33.2 Å². The molecule has 0 unspecified atom stereocenters. The van der Waals surface area contributed by atoms with E-state index in [-0.39, 0.29) is 27.6 Å².